The van der Waals surface area contributed by atoms with E-state index >= 15 is 0 Å². The molecule has 0 saturated heterocycles. The minimum absolute atomic E-state index is 0.0699. The van der Waals surface area contributed by atoms with Crippen LogP contribution in [0.3, 0.4) is 0 Å². The SMILES string of the molecule is COC1(c2cc(O)ccc2O)C=C(CCC=C(C)CCC=C(C)C=O)C(=O)O1. The van der Waals surface area contributed by atoms with E-state index in [0.717, 1.165) is 24.7 Å². The molecule has 6 nitrogen and oxygen atoms in total. The summed E-state index contributed by atoms with van der Waals surface area (Å²) in [7, 11) is 1.37. The van der Waals surface area contributed by atoms with Gasteiger partial charge in [-0.25, -0.2) is 4.79 Å². The van der Waals surface area contributed by atoms with Crippen LogP contribution >= 0.6 is 0 Å². The summed E-state index contributed by atoms with van der Waals surface area (Å²) in [6.45, 7) is 3.78. The summed E-state index contributed by atoms with van der Waals surface area (Å²) in [5.41, 5.74) is 2.51. The molecule has 6 heteroatoms. The Morgan fingerprint density at radius 1 is 1.21 bits per heavy atom. The number of allylic oxidation sites excluding steroid dienone is 4. The molecule has 0 aliphatic carbocycles. The van der Waals surface area contributed by atoms with Crippen LogP contribution in [0.15, 0.2) is 53.1 Å². The van der Waals surface area contributed by atoms with Crippen molar-refractivity contribution >= 4 is 12.3 Å². The molecule has 0 saturated carbocycles. The molecule has 1 aromatic rings. The lowest BCUT2D eigenvalue weighted by molar-refractivity contribution is -0.193. The smallest absolute Gasteiger partial charge is 0.336 e. The minimum Gasteiger partial charge on any atom is -0.508 e. The molecule has 0 amide bonds. The molecular formula is C22H26O6. The summed E-state index contributed by atoms with van der Waals surface area (Å²) in [5, 5.41) is 19.8. The summed E-state index contributed by atoms with van der Waals surface area (Å²) in [6.07, 6.45) is 9.08. The van der Waals surface area contributed by atoms with Crippen molar-refractivity contribution < 1.29 is 29.3 Å². The van der Waals surface area contributed by atoms with Gasteiger partial charge >= 0.3 is 5.97 Å². The van der Waals surface area contributed by atoms with Gasteiger partial charge in [0.1, 0.15) is 17.8 Å². The van der Waals surface area contributed by atoms with Crippen molar-refractivity contribution in [2.45, 2.75) is 45.3 Å². The predicted molar refractivity (Wildman–Crippen MR) is 105 cm³/mol. The Hall–Kier alpha value is -2.86. The van der Waals surface area contributed by atoms with E-state index < -0.39 is 11.8 Å². The summed E-state index contributed by atoms with van der Waals surface area (Å²) < 4.78 is 10.8. The first kappa shape index (κ1) is 21.4. The first-order chi connectivity index (χ1) is 13.3. The topological polar surface area (TPSA) is 93.1 Å². The Morgan fingerprint density at radius 2 is 1.96 bits per heavy atom. The summed E-state index contributed by atoms with van der Waals surface area (Å²) >= 11 is 0. The number of phenolic OH excluding ortho intramolecular Hbond substituents is 2. The third kappa shape index (κ3) is 5.10. The number of benzene rings is 1. The van der Waals surface area contributed by atoms with Gasteiger partial charge in [0.2, 0.25) is 0 Å². The quantitative estimate of drug-likeness (QED) is 0.219. The molecule has 1 aliphatic rings. The van der Waals surface area contributed by atoms with Crippen LogP contribution in [0.1, 0.15) is 45.1 Å². The zero-order valence-electron chi connectivity index (χ0n) is 16.4. The molecule has 0 bridgehead atoms. The highest BCUT2D eigenvalue weighted by atomic mass is 16.7. The molecule has 2 rings (SSSR count). The molecule has 150 valence electrons. The number of ether oxygens (including phenoxy) is 2. The van der Waals surface area contributed by atoms with Crippen LogP contribution in [-0.4, -0.2) is 29.6 Å². The number of carbonyl (C=O) groups is 2. The normalized spacial score (nSPS) is 20.1. The highest BCUT2D eigenvalue weighted by Crippen LogP contribution is 2.42. The van der Waals surface area contributed by atoms with E-state index in [9.17, 15) is 19.8 Å². The number of hydrogen-bond donors (Lipinski definition) is 2. The third-order valence-corrected chi connectivity index (χ3v) is 4.63. The molecule has 1 heterocycles. The van der Waals surface area contributed by atoms with Crippen LogP contribution in [0, 0.1) is 0 Å². The number of phenols is 2. The average molecular weight is 386 g/mol. The molecule has 2 N–H and O–H groups in total. The second kappa shape index (κ2) is 9.37. The first-order valence-corrected chi connectivity index (χ1v) is 9.11. The molecule has 0 spiro atoms. The van der Waals surface area contributed by atoms with Gasteiger partial charge < -0.3 is 19.7 Å². The maximum atomic E-state index is 12.3. The van der Waals surface area contributed by atoms with Crippen LogP contribution in [-0.2, 0) is 24.8 Å². The van der Waals surface area contributed by atoms with Gasteiger partial charge in [0.05, 0.1) is 5.56 Å². The number of aromatic hydroxyl groups is 2. The lowest BCUT2D eigenvalue weighted by Gasteiger charge is -2.25. The Balaban J connectivity index is 2.07. The van der Waals surface area contributed by atoms with Crippen LogP contribution in [0.5, 0.6) is 11.5 Å². The van der Waals surface area contributed by atoms with E-state index in [4.69, 9.17) is 9.47 Å². The Bertz CT molecular complexity index is 833. The van der Waals surface area contributed by atoms with Crippen molar-refractivity contribution in [1.82, 2.24) is 0 Å². The summed E-state index contributed by atoms with van der Waals surface area (Å²) in [5.74, 6) is -2.27. The van der Waals surface area contributed by atoms with Crippen molar-refractivity contribution in [2.75, 3.05) is 7.11 Å². The van der Waals surface area contributed by atoms with Crippen molar-refractivity contribution in [1.29, 1.82) is 0 Å². The summed E-state index contributed by atoms with van der Waals surface area (Å²) in [6, 6.07) is 3.96. The number of aldehydes is 1. The van der Waals surface area contributed by atoms with E-state index in [0.29, 0.717) is 18.4 Å². The number of hydrogen-bond acceptors (Lipinski definition) is 6. The lowest BCUT2D eigenvalue weighted by atomic mass is 10.0. The van der Waals surface area contributed by atoms with E-state index in [1.54, 1.807) is 13.0 Å². The lowest BCUT2D eigenvalue weighted by Crippen LogP contribution is -2.27. The van der Waals surface area contributed by atoms with E-state index in [2.05, 4.69) is 6.08 Å². The molecule has 1 aromatic carbocycles. The van der Waals surface area contributed by atoms with Gasteiger partial charge in [-0.05, 0) is 63.3 Å². The fourth-order valence-electron chi connectivity index (χ4n) is 2.99. The van der Waals surface area contributed by atoms with Crippen molar-refractivity contribution in [3.8, 4) is 11.5 Å². The van der Waals surface area contributed by atoms with Crippen LogP contribution in [0.4, 0.5) is 0 Å². The van der Waals surface area contributed by atoms with Crippen molar-refractivity contribution in [2.24, 2.45) is 0 Å². The largest absolute Gasteiger partial charge is 0.508 e. The van der Waals surface area contributed by atoms with Gasteiger partial charge in [0.15, 0.2) is 0 Å². The van der Waals surface area contributed by atoms with Gasteiger partial charge in [0.25, 0.3) is 5.79 Å². The third-order valence-electron chi connectivity index (χ3n) is 4.63. The van der Waals surface area contributed by atoms with E-state index in [1.165, 1.54) is 30.9 Å². The van der Waals surface area contributed by atoms with E-state index in [1.807, 2.05) is 13.0 Å². The molecule has 0 aromatic heterocycles. The molecule has 1 aliphatic heterocycles. The standard InChI is InChI=1S/C22H26O6/c1-15(6-4-8-16(2)14-23)7-5-9-17-13-22(27-3,28-21(17)26)19-12-18(24)10-11-20(19)25/h7-8,10-14,24-25H,4-6,9H2,1-3H3. The van der Waals surface area contributed by atoms with Crippen molar-refractivity contribution in [3.05, 3.63) is 58.7 Å². The zero-order chi connectivity index (χ0) is 20.7. The maximum Gasteiger partial charge on any atom is 0.336 e. The van der Waals surface area contributed by atoms with Crippen molar-refractivity contribution in [3.63, 3.8) is 0 Å². The molecule has 0 radical (unpaired) electrons. The fourth-order valence-corrected chi connectivity index (χ4v) is 2.99. The average Bonchev–Trinajstić information content (AvgIpc) is 3.00. The molecule has 28 heavy (non-hydrogen) atoms. The predicted octanol–water partition coefficient (Wildman–Crippen LogP) is 4.03. The van der Waals surface area contributed by atoms with Gasteiger partial charge in [-0.1, -0.05) is 17.7 Å². The van der Waals surface area contributed by atoms with Gasteiger partial charge in [-0.15, -0.1) is 0 Å². The highest BCUT2D eigenvalue weighted by molar-refractivity contribution is 5.91. The number of rotatable bonds is 9. The zero-order valence-corrected chi connectivity index (χ0v) is 16.4. The second-order valence-electron chi connectivity index (χ2n) is 6.83. The Morgan fingerprint density at radius 3 is 2.64 bits per heavy atom. The van der Waals surface area contributed by atoms with Gasteiger partial charge in [-0.3, -0.25) is 4.79 Å². The monoisotopic (exact) mass is 386 g/mol. The Labute approximate surface area is 164 Å². The maximum absolute atomic E-state index is 12.3. The van der Waals surface area contributed by atoms with Gasteiger partial charge in [0, 0.05) is 18.8 Å². The first-order valence-electron chi connectivity index (χ1n) is 9.11. The number of cyclic esters (lactones) is 1. The minimum atomic E-state index is -1.55. The highest BCUT2D eigenvalue weighted by Gasteiger charge is 2.43. The van der Waals surface area contributed by atoms with Crippen LogP contribution < -0.4 is 0 Å². The molecule has 0 fully saturated rings. The van der Waals surface area contributed by atoms with Gasteiger partial charge in [-0.2, -0.15) is 0 Å². The fraction of sp³-hybridized carbons (Fsp3) is 0.364. The van der Waals surface area contributed by atoms with Crippen LogP contribution in [0.2, 0.25) is 0 Å². The van der Waals surface area contributed by atoms with E-state index in [-0.39, 0.29) is 17.1 Å². The molecular weight excluding hydrogens is 360 g/mol. The Kier molecular flexibility index (Phi) is 7.18. The summed E-state index contributed by atoms with van der Waals surface area (Å²) in [4.78, 5) is 22.9. The number of carbonyl (C=O) groups excluding carboxylic acids is 2. The molecule has 1 unspecified atom stereocenters. The van der Waals surface area contributed by atoms with Crippen LogP contribution in [0.25, 0.3) is 0 Å². The number of methoxy groups -OCH3 is 1. The second-order valence-corrected chi connectivity index (χ2v) is 6.83. The molecule has 1 atom stereocenters. The number of esters is 1.